The fraction of sp³-hybridized carbons (Fsp3) is 0.632. The molecule has 0 saturated heterocycles. The molecule has 5 nitrogen and oxygen atoms in total. The number of alkyl halides is 1. The summed E-state index contributed by atoms with van der Waals surface area (Å²) >= 11 is 3.43. The van der Waals surface area contributed by atoms with Gasteiger partial charge in [0.15, 0.2) is 0 Å². The van der Waals surface area contributed by atoms with Crippen LogP contribution in [-0.2, 0) is 19.1 Å². The van der Waals surface area contributed by atoms with Gasteiger partial charge in [-0.15, -0.1) is 26.8 Å². The van der Waals surface area contributed by atoms with Crippen LogP contribution < -0.4 is 0 Å². The molecule has 1 heterocycles. The van der Waals surface area contributed by atoms with Crippen molar-refractivity contribution >= 4 is 91.2 Å². The number of aromatic nitrogens is 1. The lowest BCUT2D eigenvalue weighted by Crippen LogP contribution is -2.42. The average Bonchev–Trinajstić information content (AvgIpc) is 2.66. The molecule has 1 rings (SSSR count). The van der Waals surface area contributed by atoms with Crippen LogP contribution >= 0.6 is 79.2 Å². The smallest absolute Gasteiger partial charge is 0.323 e. The van der Waals surface area contributed by atoms with E-state index in [-0.39, 0.29) is 19.4 Å². The van der Waals surface area contributed by atoms with E-state index < -0.39 is 21.3 Å². The van der Waals surface area contributed by atoms with Crippen LogP contribution in [-0.4, -0.2) is 39.2 Å². The quantitative estimate of drug-likeness (QED) is 0.0854. The number of hydrogen-bond acceptors (Lipinski definition) is 7. The largest absolute Gasteiger partial charge is 0.464 e. The van der Waals surface area contributed by atoms with Crippen LogP contribution in [0.1, 0.15) is 48.0 Å². The minimum atomic E-state index is -0.966. The molecule has 1 aromatic heterocycles. The van der Waals surface area contributed by atoms with Crippen molar-refractivity contribution < 1.29 is 19.1 Å². The second-order valence-electron chi connectivity index (χ2n) is 8.51. The minimum absolute atomic E-state index is 0.226. The maximum absolute atomic E-state index is 12.5. The van der Waals surface area contributed by atoms with E-state index in [2.05, 4.69) is 47.7 Å². The first-order valence-electron chi connectivity index (χ1n) is 9.66. The van der Waals surface area contributed by atoms with Crippen molar-refractivity contribution in [1.29, 1.82) is 0 Å². The van der Waals surface area contributed by atoms with Crippen molar-refractivity contribution in [3.05, 3.63) is 24.4 Å². The Hall–Kier alpha value is 1.42. The van der Waals surface area contributed by atoms with Gasteiger partial charge in [0.1, 0.15) is 21.6 Å². The molecule has 0 saturated carbocycles. The van der Waals surface area contributed by atoms with Gasteiger partial charge in [0, 0.05) is 11.9 Å². The molecule has 0 fully saturated rings. The minimum Gasteiger partial charge on any atom is -0.464 e. The molecular formula is C19H35BrNO4P5S2. The SMILES string of the molecule is CC(C)(C)OC(=O)C(C)(Br)CC(C)(C)C(=O)OCCSSc1ccccn1.PPP(P)P. The molecule has 0 spiro atoms. The number of carbonyl (C=O) groups is 2. The van der Waals surface area contributed by atoms with Crippen LogP contribution in [0, 0.1) is 5.41 Å². The van der Waals surface area contributed by atoms with E-state index in [0.717, 1.165) is 13.0 Å². The summed E-state index contributed by atoms with van der Waals surface area (Å²) in [6, 6.07) is 5.73. The van der Waals surface area contributed by atoms with Crippen LogP contribution in [0.2, 0.25) is 0 Å². The van der Waals surface area contributed by atoms with E-state index >= 15 is 0 Å². The average molecular weight is 640 g/mol. The topological polar surface area (TPSA) is 65.5 Å². The number of hydrogen-bond donors (Lipinski definition) is 0. The number of pyridine rings is 1. The summed E-state index contributed by atoms with van der Waals surface area (Å²) in [5, 5.41) is 0.918. The van der Waals surface area contributed by atoms with Crippen molar-refractivity contribution in [3.63, 3.8) is 0 Å². The zero-order chi connectivity index (χ0) is 25.0. The third-order valence-electron chi connectivity index (χ3n) is 3.48. The Labute approximate surface area is 219 Å². The van der Waals surface area contributed by atoms with Gasteiger partial charge in [0.25, 0.3) is 0 Å². The molecule has 0 aliphatic carbocycles. The third kappa shape index (κ3) is 16.2. The molecule has 32 heavy (non-hydrogen) atoms. The van der Waals surface area contributed by atoms with Crippen LogP contribution in [0.3, 0.4) is 0 Å². The Kier molecular flexibility index (Phi) is 16.9. The van der Waals surface area contributed by atoms with Gasteiger partial charge in [-0.1, -0.05) is 40.7 Å². The van der Waals surface area contributed by atoms with Gasteiger partial charge in [-0.25, -0.2) is 4.98 Å². The number of carbonyl (C=O) groups excluding carboxylic acids is 2. The number of nitrogens with zero attached hydrogens (tertiary/aromatic N) is 1. The molecule has 0 bridgehead atoms. The molecule has 0 amide bonds. The lowest BCUT2D eigenvalue weighted by atomic mass is 9.83. The van der Waals surface area contributed by atoms with Crippen LogP contribution in [0.15, 0.2) is 29.4 Å². The first-order valence-corrected chi connectivity index (χ1v) is 21.0. The molecule has 184 valence electrons. The summed E-state index contributed by atoms with van der Waals surface area (Å²) in [4.78, 5) is 29.1. The molecule has 13 heteroatoms. The molecular weight excluding hydrogens is 605 g/mol. The summed E-state index contributed by atoms with van der Waals surface area (Å²) in [5.41, 5.74) is -1.41. The number of esters is 2. The van der Waals surface area contributed by atoms with Crippen molar-refractivity contribution in [2.45, 2.75) is 62.9 Å². The van der Waals surface area contributed by atoms with Gasteiger partial charge in [0.05, 0.1) is 5.41 Å². The van der Waals surface area contributed by atoms with E-state index in [0.29, 0.717) is 12.4 Å². The van der Waals surface area contributed by atoms with E-state index in [9.17, 15) is 9.59 Å². The summed E-state index contributed by atoms with van der Waals surface area (Å²) in [6.45, 7) is 11.2. The standard InChI is InChI=1S/C19H28BrNO4S2.H7P5/c1-17(2,3)25-16(23)19(6,20)13-18(4,5)15(22)24-11-12-26-27-14-9-7-8-10-21-14;1-4-5(2)3/h7-10H,11-13H2,1-6H3;4H,1-3H2. The van der Waals surface area contributed by atoms with E-state index in [1.54, 1.807) is 48.6 Å². The molecule has 0 aliphatic heterocycles. The zero-order valence-electron chi connectivity index (χ0n) is 19.4. The predicted octanol–water partition coefficient (Wildman–Crippen LogP) is 7.71. The van der Waals surface area contributed by atoms with Crippen LogP contribution in [0.25, 0.3) is 0 Å². The molecule has 0 aliphatic rings. The molecule has 1 aromatic rings. The lowest BCUT2D eigenvalue weighted by Gasteiger charge is -2.32. The van der Waals surface area contributed by atoms with Crippen LogP contribution in [0.5, 0.6) is 0 Å². The maximum Gasteiger partial charge on any atom is 0.323 e. The van der Waals surface area contributed by atoms with E-state index in [1.807, 2.05) is 39.0 Å². The molecule has 0 aromatic carbocycles. The highest BCUT2D eigenvalue weighted by atomic mass is 79.9. The normalized spacial score (nSPS) is 14.0. The van der Waals surface area contributed by atoms with Gasteiger partial charge in [-0.05, 0) is 77.9 Å². The van der Waals surface area contributed by atoms with Crippen molar-refractivity contribution in [2.24, 2.45) is 5.41 Å². The first kappa shape index (κ1) is 33.4. The highest BCUT2D eigenvalue weighted by Gasteiger charge is 2.43. The number of ether oxygens (including phenoxy) is 2. The molecule has 5 unspecified atom stereocenters. The Balaban J connectivity index is 0.00000172. The second-order valence-corrected chi connectivity index (χ2v) is 26.6. The monoisotopic (exact) mass is 639 g/mol. The Morgan fingerprint density at radius 3 is 2.22 bits per heavy atom. The van der Waals surface area contributed by atoms with E-state index in [1.165, 1.54) is 0 Å². The number of halogens is 1. The fourth-order valence-electron chi connectivity index (χ4n) is 2.22. The van der Waals surface area contributed by atoms with Gasteiger partial charge >= 0.3 is 11.9 Å². The third-order valence-corrected chi connectivity index (χ3v) is 18.2. The van der Waals surface area contributed by atoms with Gasteiger partial charge in [-0.3, -0.25) is 9.59 Å². The molecule has 5 atom stereocenters. The van der Waals surface area contributed by atoms with Crippen molar-refractivity contribution in [1.82, 2.24) is 4.98 Å². The molecule has 0 N–H and O–H groups in total. The fourth-order valence-corrected chi connectivity index (χ4v) is 4.71. The van der Waals surface area contributed by atoms with Gasteiger partial charge in [-0.2, -0.15) is 0 Å². The first-order chi connectivity index (χ1) is 14.6. The highest BCUT2D eigenvalue weighted by molar-refractivity contribution is 9.10. The Morgan fingerprint density at radius 1 is 1.16 bits per heavy atom. The summed E-state index contributed by atoms with van der Waals surface area (Å²) < 4.78 is 9.87. The predicted molar refractivity (Wildman–Crippen MR) is 159 cm³/mol. The number of rotatable bonds is 10. The second kappa shape index (κ2) is 16.2. The molecule has 0 radical (unpaired) electrons. The summed E-state index contributed by atoms with van der Waals surface area (Å²) in [7, 11) is 12.4. The lowest BCUT2D eigenvalue weighted by molar-refractivity contribution is -0.160. The van der Waals surface area contributed by atoms with Gasteiger partial charge < -0.3 is 9.47 Å². The van der Waals surface area contributed by atoms with E-state index in [4.69, 9.17) is 9.47 Å². The highest BCUT2D eigenvalue weighted by Crippen LogP contribution is 2.71. The Morgan fingerprint density at radius 2 is 1.75 bits per heavy atom. The van der Waals surface area contributed by atoms with Crippen molar-refractivity contribution in [2.75, 3.05) is 12.4 Å². The zero-order valence-corrected chi connectivity index (χ0v) is 28.0. The van der Waals surface area contributed by atoms with Crippen LogP contribution in [0.4, 0.5) is 0 Å². The van der Waals surface area contributed by atoms with Crippen molar-refractivity contribution in [3.8, 4) is 0 Å². The summed E-state index contributed by atoms with van der Waals surface area (Å²) in [5.74, 6) is -0.0703. The summed E-state index contributed by atoms with van der Waals surface area (Å²) in [6.07, 6.45) is 2.01. The Bertz CT molecular complexity index is 707. The van der Waals surface area contributed by atoms with Gasteiger partial charge in [0.2, 0.25) is 0 Å². The maximum atomic E-state index is 12.5.